The van der Waals surface area contributed by atoms with E-state index in [9.17, 15) is 0 Å². The van der Waals surface area contributed by atoms with Gasteiger partial charge in [-0.25, -0.2) is 4.99 Å². The van der Waals surface area contributed by atoms with Crippen LogP contribution in [0.5, 0.6) is 0 Å². The predicted octanol–water partition coefficient (Wildman–Crippen LogP) is -0.858. The number of ether oxygens (including phenoxy) is 1. The van der Waals surface area contributed by atoms with Gasteiger partial charge < -0.3 is 21.9 Å². The molecule has 1 rings (SSSR count). The fraction of sp³-hybridized carbons (Fsp3) is 0.750. The van der Waals surface area contributed by atoms with Gasteiger partial charge in [-0.1, -0.05) is 0 Å². The molecule has 0 aromatic rings. The van der Waals surface area contributed by atoms with Gasteiger partial charge in [0, 0.05) is 7.11 Å². The highest BCUT2D eigenvalue weighted by Crippen LogP contribution is 2.23. The zero-order chi connectivity index (χ0) is 10.6. The largest absolute Gasteiger partial charge is 0.381 e. The molecular weight excluding hydrogens is 182 g/mol. The van der Waals surface area contributed by atoms with Gasteiger partial charge in [0.05, 0.1) is 12.1 Å². The maximum Gasteiger partial charge on any atom is 0.218 e. The molecule has 1 aliphatic rings. The summed E-state index contributed by atoms with van der Waals surface area (Å²) in [6, 6.07) is 0.183. The Hall–Kier alpha value is -1.30. The molecule has 0 bridgehead atoms. The Morgan fingerprint density at radius 2 is 2.00 bits per heavy atom. The van der Waals surface area contributed by atoms with Gasteiger partial charge in [-0.05, 0) is 19.3 Å². The lowest BCUT2D eigenvalue weighted by Crippen LogP contribution is -2.27. The minimum absolute atomic E-state index is 0.0625. The molecule has 0 spiro atoms. The molecule has 0 heterocycles. The first-order valence-electron chi connectivity index (χ1n) is 4.57. The van der Waals surface area contributed by atoms with Crippen LogP contribution in [-0.2, 0) is 4.74 Å². The maximum absolute atomic E-state index is 5.50. The van der Waals surface area contributed by atoms with Crippen molar-refractivity contribution < 1.29 is 4.74 Å². The van der Waals surface area contributed by atoms with Crippen LogP contribution in [0.4, 0.5) is 0 Å². The van der Waals surface area contributed by atoms with E-state index in [1.54, 1.807) is 7.11 Å². The number of hydrogen-bond acceptors (Lipinski definition) is 2. The molecule has 14 heavy (non-hydrogen) atoms. The zero-order valence-electron chi connectivity index (χ0n) is 8.31. The Labute approximate surface area is 83.2 Å². The van der Waals surface area contributed by atoms with Crippen molar-refractivity contribution in [1.82, 2.24) is 0 Å². The van der Waals surface area contributed by atoms with Gasteiger partial charge in [0.2, 0.25) is 5.96 Å². The van der Waals surface area contributed by atoms with Gasteiger partial charge in [-0.3, -0.25) is 0 Å². The Morgan fingerprint density at radius 3 is 2.50 bits per heavy atom. The van der Waals surface area contributed by atoms with Crippen LogP contribution in [0.1, 0.15) is 19.3 Å². The van der Waals surface area contributed by atoms with E-state index >= 15 is 0 Å². The molecule has 2 atom stereocenters. The second kappa shape index (κ2) is 4.80. The summed E-state index contributed by atoms with van der Waals surface area (Å²) in [5, 5.41) is 0. The quantitative estimate of drug-likeness (QED) is 0.397. The first-order valence-corrected chi connectivity index (χ1v) is 4.57. The third-order valence-corrected chi connectivity index (χ3v) is 2.25. The van der Waals surface area contributed by atoms with Crippen molar-refractivity contribution >= 4 is 11.9 Å². The number of aliphatic imine (C=N–C) groups is 2. The van der Waals surface area contributed by atoms with Gasteiger partial charge in [0.1, 0.15) is 0 Å². The van der Waals surface area contributed by atoms with E-state index < -0.39 is 0 Å². The van der Waals surface area contributed by atoms with Gasteiger partial charge in [-0.15, -0.1) is 0 Å². The standard InChI is InChI=1S/C8H17N5O/c1-14-6-3-2-5(4-6)12-8(11)13-7(9)10/h5-6H,2-4H2,1H3,(H6,9,10,11,12,13). The lowest BCUT2D eigenvalue weighted by Gasteiger charge is -2.05. The summed E-state index contributed by atoms with van der Waals surface area (Å²) in [5.74, 6) is 0.0827. The average Bonchev–Trinajstić information content (AvgIpc) is 2.50. The molecule has 6 heteroatoms. The zero-order valence-corrected chi connectivity index (χ0v) is 8.31. The molecule has 0 aliphatic heterocycles. The van der Waals surface area contributed by atoms with E-state index in [1.807, 2.05) is 0 Å². The lowest BCUT2D eigenvalue weighted by molar-refractivity contribution is 0.108. The molecule has 6 nitrogen and oxygen atoms in total. The number of methoxy groups -OCH3 is 1. The van der Waals surface area contributed by atoms with Crippen LogP contribution < -0.4 is 17.2 Å². The van der Waals surface area contributed by atoms with Gasteiger partial charge in [0.15, 0.2) is 5.96 Å². The van der Waals surface area contributed by atoms with Crippen molar-refractivity contribution in [3.05, 3.63) is 0 Å². The second-order valence-electron chi connectivity index (χ2n) is 3.35. The van der Waals surface area contributed by atoms with Crippen molar-refractivity contribution in [2.75, 3.05) is 7.11 Å². The van der Waals surface area contributed by atoms with Crippen LogP contribution in [0.3, 0.4) is 0 Å². The molecule has 1 aliphatic carbocycles. The van der Waals surface area contributed by atoms with Crippen molar-refractivity contribution in [3.63, 3.8) is 0 Å². The Balaban J connectivity index is 2.48. The number of nitrogens with zero attached hydrogens (tertiary/aromatic N) is 2. The minimum Gasteiger partial charge on any atom is -0.381 e. The molecule has 0 saturated heterocycles. The van der Waals surface area contributed by atoms with E-state index in [1.165, 1.54) is 0 Å². The molecular formula is C8H17N5O. The van der Waals surface area contributed by atoms with E-state index in [0.29, 0.717) is 0 Å². The van der Waals surface area contributed by atoms with E-state index in [-0.39, 0.29) is 24.1 Å². The van der Waals surface area contributed by atoms with E-state index in [4.69, 9.17) is 21.9 Å². The molecule has 0 amide bonds. The van der Waals surface area contributed by atoms with Crippen molar-refractivity contribution in [1.29, 1.82) is 0 Å². The van der Waals surface area contributed by atoms with Gasteiger partial charge >= 0.3 is 0 Å². The smallest absolute Gasteiger partial charge is 0.218 e. The number of nitrogens with two attached hydrogens (primary N) is 3. The highest BCUT2D eigenvalue weighted by atomic mass is 16.5. The predicted molar refractivity (Wildman–Crippen MR) is 55.9 cm³/mol. The molecule has 6 N–H and O–H groups in total. The maximum atomic E-state index is 5.50. The Bertz CT molecular complexity index is 246. The van der Waals surface area contributed by atoms with Crippen LogP contribution in [0.2, 0.25) is 0 Å². The molecule has 0 aromatic heterocycles. The summed E-state index contributed by atoms with van der Waals surface area (Å²) in [5.41, 5.74) is 15.8. The minimum atomic E-state index is -0.0625. The first kappa shape index (κ1) is 10.8. The van der Waals surface area contributed by atoms with Crippen molar-refractivity contribution in [2.24, 2.45) is 27.2 Å². The SMILES string of the molecule is COC1CCC(N=C(N)N=C(N)N)C1. The summed E-state index contributed by atoms with van der Waals surface area (Å²) in [6.45, 7) is 0. The van der Waals surface area contributed by atoms with Gasteiger partial charge in [-0.2, -0.15) is 4.99 Å². The molecule has 2 unspecified atom stereocenters. The summed E-state index contributed by atoms with van der Waals surface area (Å²) in [4.78, 5) is 7.83. The first-order chi connectivity index (χ1) is 6.61. The van der Waals surface area contributed by atoms with Crippen LogP contribution in [0.25, 0.3) is 0 Å². The fourth-order valence-corrected chi connectivity index (χ4v) is 1.60. The Kier molecular flexibility index (Phi) is 3.70. The van der Waals surface area contributed by atoms with Crippen molar-refractivity contribution in [2.45, 2.75) is 31.4 Å². The molecule has 0 aromatic carbocycles. The third kappa shape index (κ3) is 3.21. The third-order valence-electron chi connectivity index (χ3n) is 2.25. The van der Waals surface area contributed by atoms with Crippen LogP contribution in [0, 0.1) is 0 Å². The molecule has 0 radical (unpaired) electrons. The number of hydrogen-bond donors (Lipinski definition) is 3. The Morgan fingerprint density at radius 1 is 1.29 bits per heavy atom. The van der Waals surface area contributed by atoms with E-state index in [0.717, 1.165) is 19.3 Å². The topological polar surface area (TPSA) is 112 Å². The second-order valence-corrected chi connectivity index (χ2v) is 3.35. The van der Waals surface area contributed by atoms with Crippen LogP contribution in [0.15, 0.2) is 9.98 Å². The summed E-state index contributed by atoms with van der Waals surface area (Å²) >= 11 is 0. The fourth-order valence-electron chi connectivity index (χ4n) is 1.60. The molecule has 80 valence electrons. The number of guanidine groups is 2. The average molecular weight is 199 g/mol. The normalized spacial score (nSPS) is 27.6. The summed E-state index contributed by atoms with van der Waals surface area (Å²) < 4.78 is 5.21. The van der Waals surface area contributed by atoms with Gasteiger partial charge in [0.25, 0.3) is 0 Å². The summed E-state index contributed by atoms with van der Waals surface area (Å²) in [6.07, 6.45) is 3.16. The monoisotopic (exact) mass is 199 g/mol. The van der Waals surface area contributed by atoms with Crippen molar-refractivity contribution in [3.8, 4) is 0 Å². The highest BCUT2D eigenvalue weighted by molar-refractivity contribution is 5.92. The molecule has 1 fully saturated rings. The van der Waals surface area contributed by atoms with Crippen LogP contribution >= 0.6 is 0 Å². The highest BCUT2D eigenvalue weighted by Gasteiger charge is 2.23. The van der Waals surface area contributed by atoms with E-state index in [2.05, 4.69) is 9.98 Å². The lowest BCUT2D eigenvalue weighted by atomic mass is 10.3. The summed E-state index contributed by atoms with van der Waals surface area (Å²) in [7, 11) is 1.70. The molecule has 1 saturated carbocycles. The van der Waals surface area contributed by atoms with Crippen LogP contribution in [-0.4, -0.2) is 31.2 Å². The number of rotatable bonds is 2.